The van der Waals surface area contributed by atoms with E-state index in [0.717, 1.165) is 58.8 Å². The average molecular weight is 493 g/mol. The Balaban J connectivity index is 1.20. The number of nitrogens with one attached hydrogen (secondary N) is 2. The highest BCUT2D eigenvalue weighted by molar-refractivity contribution is 5.94. The number of fused-ring (bicyclic) bond motifs is 2. The topological polar surface area (TPSA) is 122 Å². The largest absolute Gasteiger partial charge is 0.491 e. The molecule has 0 unspecified atom stereocenters. The van der Waals surface area contributed by atoms with E-state index in [2.05, 4.69) is 30.0 Å². The maximum atomic E-state index is 5.99. The molecule has 0 aromatic carbocycles. The second-order valence-electron chi connectivity index (χ2n) is 9.12. The van der Waals surface area contributed by atoms with Crippen LogP contribution in [0.1, 0.15) is 12.8 Å². The lowest BCUT2D eigenvalue weighted by Crippen LogP contribution is -2.25. The van der Waals surface area contributed by atoms with E-state index in [1.54, 1.807) is 31.1 Å². The first-order valence-corrected chi connectivity index (χ1v) is 12.4. The number of furan rings is 1. The van der Waals surface area contributed by atoms with E-state index >= 15 is 0 Å². The summed E-state index contributed by atoms with van der Waals surface area (Å²) in [6.07, 6.45) is 11.2. The van der Waals surface area contributed by atoms with Crippen LogP contribution in [-0.2, 0) is 0 Å². The van der Waals surface area contributed by atoms with Crippen LogP contribution in [0.5, 0.6) is 5.75 Å². The predicted molar refractivity (Wildman–Crippen MR) is 139 cm³/mol. The number of hydrogen-bond acceptors (Lipinski definition) is 8. The molecule has 37 heavy (non-hydrogen) atoms. The number of aromatic amines is 2. The Labute approximate surface area is 211 Å². The lowest BCUT2D eigenvalue weighted by Gasteiger charge is -2.15. The Bertz CT molecular complexity index is 1680. The molecule has 6 aromatic heterocycles. The minimum absolute atomic E-state index is 0.589. The summed E-state index contributed by atoms with van der Waals surface area (Å²) in [5, 5.41) is 7.58. The first kappa shape index (κ1) is 21.7. The summed E-state index contributed by atoms with van der Waals surface area (Å²) in [5.41, 5.74) is 7.09. The quantitative estimate of drug-likeness (QED) is 0.329. The van der Waals surface area contributed by atoms with Gasteiger partial charge in [0.15, 0.2) is 17.2 Å². The van der Waals surface area contributed by atoms with Gasteiger partial charge in [-0.15, -0.1) is 0 Å². The van der Waals surface area contributed by atoms with Crippen molar-refractivity contribution in [3.63, 3.8) is 0 Å². The highest BCUT2D eigenvalue weighted by Gasteiger charge is 2.18. The maximum absolute atomic E-state index is 5.99. The van der Waals surface area contributed by atoms with E-state index in [0.29, 0.717) is 29.3 Å². The van der Waals surface area contributed by atoms with Gasteiger partial charge in [0.25, 0.3) is 0 Å². The molecule has 2 N–H and O–H groups in total. The zero-order chi connectivity index (χ0) is 24.6. The highest BCUT2D eigenvalue weighted by atomic mass is 16.5. The fourth-order valence-corrected chi connectivity index (χ4v) is 4.83. The Morgan fingerprint density at radius 1 is 1.00 bits per heavy atom. The fourth-order valence-electron chi connectivity index (χ4n) is 4.83. The second-order valence-corrected chi connectivity index (χ2v) is 9.12. The van der Waals surface area contributed by atoms with Gasteiger partial charge >= 0.3 is 0 Å². The number of imidazole rings is 1. The van der Waals surface area contributed by atoms with Crippen molar-refractivity contribution in [2.24, 2.45) is 0 Å². The third kappa shape index (κ3) is 4.11. The van der Waals surface area contributed by atoms with Gasteiger partial charge < -0.3 is 14.1 Å². The van der Waals surface area contributed by atoms with Crippen molar-refractivity contribution in [3.8, 4) is 39.7 Å². The Morgan fingerprint density at radius 3 is 2.84 bits per heavy atom. The molecule has 0 amide bonds. The van der Waals surface area contributed by atoms with Crippen LogP contribution in [0.15, 0.2) is 65.9 Å². The van der Waals surface area contributed by atoms with E-state index in [1.807, 2.05) is 30.3 Å². The van der Waals surface area contributed by atoms with Gasteiger partial charge in [-0.25, -0.2) is 15.0 Å². The fraction of sp³-hybridized carbons (Fsp3) is 0.222. The summed E-state index contributed by atoms with van der Waals surface area (Å²) >= 11 is 0. The first-order valence-electron chi connectivity index (χ1n) is 12.4. The van der Waals surface area contributed by atoms with E-state index < -0.39 is 0 Å². The molecule has 7 rings (SSSR count). The molecular formula is C27H24N8O2. The van der Waals surface area contributed by atoms with Crippen LogP contribution in [0, 0.1) is 0 Å². The molecule has 1 saturated heterocycles. The molecule has 6 aromatic rings. The van der Waals surface area contributed by atoms with Gasteiger partial charge in [-0.2, -0.15) is 5.10 Å². The first-order chi connectivity index (χ1) is 18.3. The van der Waals surface area contributed by atoms with E-state index in [1.165, 1.54) is 12.8 Å². The van der Waals surface area contributed by atoms with Crippen molar-refractivity contribution in [3.05, 3.63) is 61.4 Å². The smallest absolute Gasteiger partial charge is 0.162 e. The van der Waals surface area contributed by atoms with Crippen molar-refractivity contribution in [2.75, 3.05) is 26.2 Å². The van der Waals surface area contributed by atoms with Gasteiger partial charge in [-0.1, -0.05) is 0 Å². The zero-order valence-electron chi connectivity index (χ0n) is 20.0. The number of aromatic nitrogens is 7. The molecule has 0 aliphatic carbocycles. The van der Waals surface area contributed by atoms with Gasteiger partial charge in [0.05, 0.1) is 29.9 Å². The molecule has 0 saturated carbocycles. The Morgan fingerprint density at radius 2 is 1.95 bits per heavy atom. The number of ether oxygens (including phenoxy) is 1. The molecule has 0 spiro atoms. The molecule has 0 radical (unpaired) electrons. The number of H-pyrrole nitrogens is 2. The summed E-state index contributed by atoms with van der Waals surface area (Å²) in [6.45, 7) is 3.89. The van der Waals surface area contributed by atoms with E-state index in [9.17, 15) is 0 Å². The van der Waals surface area contributed by atoms with Crippen molar-refractivity contribution >= 4 is 22.2 Å². The number of hydrogen-bond donors (Lipinski definition) is 2. The number of pyridine rings is 3. The monoisotopic (exact) mass is 492 g/mol. The van der Waals surface area contributed by atoms with Crippen molar-refractivity contribution in [1.29, 1.82) is 0 Å². The molecular weight excluding hydrogens is 468 g/mol. The van der Waals surface area contributed by atoms with Crippen LogP contribution in [0.3, 0.4) is 0 Å². The average Bonchev–Trinajstić information content (AvgIpc) is 3.74. The van der Waals surface area contributed by atoms with Crippen LogP contribution in [0.25, 0.3) is 56.1 Å². The van der Waals surface area contributed by atoms with Gasteiger partial charge in [0.1, 0.15) is 23.4 Å². The summed E-state index contributed by atoms with van der Waals surface area (Å²) in [5.74, 6) is 1.33. The molecule has 0 atom stereocenters. The van der Waals surface area contributed by atoms with Crippen LogP contribution in [0.2, 0.25) is 0 Å². The predicted octanol–water partition coefficient (Wildman–Crippen LogP) is 4.69. The number of likely N-dealkylation sites (tertiary alicyclic amines) is 1. The number of rotatable bonds is 7. The maximum Gasteiger partial charge on any atom is 0.162 e. The third-order valence-corrected chi connectivity index (χ3v) is 6.73. The normalized spacial score (nSPS) is 14.2. The highest BCUT2D eigenvalue weighted by Crippen LogP contribution is 2.31. The number of nitrogens with zero attached hydrogens (tertiary/aromatic N) is 6. The van der Waals surface area contributed by atoms with Gasteiger partial charge in [-0.05, 0) is 56.3 Å². The summed E-state index contributed by atoms with van der Waals surface area (Å²) in [4.78, 5) is 24.3. The molecule has 10 heteroatoms. The van der Waals surface area contributed by atoms with Gasteiger partial charge in [0, 0.05) is 35.6 Å². The molecule has 7 heterocycles. The van der Waals surface area contributed by atoms with E-state index in [-0.39, 0.29) is 0 Å². The van der Waals surface area contributed by atoms with Crippen LogP contribution >= 0.6 is 0 Å². The van der Waals surface area contributed by atoms with Crippen molar-refractivity contribution in [2.45, 2.75) is 12.8 Å². The lowest BCUT2D eigenvalue weighted by molar-refractivity contribution is 0.237. The second kappa shape index (κ2) is 9.14. The summed E-state index contributed by atoms with van der Waals surface area (Å²) in [7, 11) is 0. The Hall–Kier alpha value is -4.57. The minimum Gasteiger partial charge on any atom is -0.491 e. The summed E-state index contributed by atoms with van der Waals surface area (Å²) in [6, 6.07) is 9.72. The molecule has 0 bridgehead atoms. The SMILES string of the molecule is c1cc(-c2ccoc2)c2nc(-c3n[nH]c4ccc(-c5cncc(OCCN6CCCC6)c5)nc34)[nH]c2n1. The third-order valence-electron chi connectivity index (χ3n) is 6.73. The molecule has 10 nitrogen and oxygen atoms in total. The minimum atomic E-state index is 0.589. The van der Waals surface area contributed by atoms with E-state index in [4.69, 9.17) is 19.1 Å². The lowest BCUT2D eigenvalue weighted by atomic mass is 10.1. The Kier molecular flexibility index (Phi) is 5.36. The van der Waals surface area contributed by atoms with Gasteiger partial charge in [0.2, 0.25) is 0 Å². The van der Waals surface area contributed by atoms with Gasteiger partial charge in [-0.3, -0.25) is 15.0 Å². The molecule has 1 aliphatic rings. The molecule has 1 aliphatic heterocycles. The van der Waals surface area contributed by atoms with Crippen molar-refractivity contribution in [1.82, 2.24) is 40.0 Å². The molecule has 184 valence electrons. The van der Waals surface area contributed by atoms with Crippen molar-refractivity contribution < 1.29 is 9.15 Å². The van der Waals surface area contributed by atoms with Crippen LogP contribution in [0.4, 0.5) is 0 Å². The standard InChI is InChI=1S/C27H24N8O2/c1-2-9-35(8-1)10-12-37-19-13-18(14-28-15-19)21-3-4-22-24(30-21)25(34-33-22)27-31-23-20(17-6-11-36-16-17)5-7-29-26(23)32-27/h3-7,11,13-16H,1-2,8-10,12H2,(H,33,34)(H,29,31,32). The van der Waals surface area contributed by atoms with Crippen LogP contribution in [-0.4, -0.2) is 66.3 Å². The summed E-state index contributed by atoms with van der Waals surface area (Å²) < 4.78 is 11.3. The van der Waals surface area contributed by atoms with Crippen LogP contribution < -0.4 is 4.74 Å². The molecule has 1 fully saturated rings. The zero-order valence-corrected chi connectivity index (χ0v) is 20.0.